The first kappa shape index (κ1) is 13.6. The van der Waals surface area contributed by atoms with Crippen LogP contribution in [0.5, 0.6) is 0 Å². The highest BCUT2D eigenvalue weighted by Crippen LogP contribution is 2.21. The Morgan fingerprint density at radius 3 is 2.32 bits per heavy atom. The molecule has 0 amide bonds. The Morgan fingerprint density at radius 2 is 1.68 bits per heavy atom. The van der Waals surface area contributed by atoms with Crippen molar-refractivity contribution in [1.29, 1.82) is 0 Å². The SMILES string of the molecule is CCN(CC(O)c1ccccc1F)c1ccccc1. The molecule has 2 aromatic carbocycles. The number of hydrogen-bond acceptors (Lipinski definition) is 2. The van der Waals surface area contributed by atoms with Gasteiger partial charge < -0.3 is 10.0 Å². The summed E-state index contributed by atoms with van der Waals surface area (Å²) in [5.41, 5.74) is 1.37. The molecule has 1 N–H and O–H groups in total. The van der Waals surface area contributed by atoms with Crippen molar-refractivity contribution < 1.29 is 9.50 Å². The van der Waals surface area contributed by atoms with Crippen molar-refractivity contribution in [2.75, 3.05) is 18.0 Å². The normalized spacial score (nSPS) is 12.2. The zero-order valence-electron chi connectivity index (χ0n) is 11.0. The van der Waals surface area contributed by atoms with Gasteiger partial charge in [0.25, 0.3) is 0 Å². The quantitative estimate of drug-likeness (QED) is 0.889. The fraction of sp³-hybridized carbons (Fsp3) is 0.250. The fourth-order valence-electron chi connectivity index (χ4n) is 2.11. The van der Waals surface area contributed by atoms with E-state index in [0.29, 0.717) is 12.1 Å². The van der Waals surface area contributed by atoms with Gasteiger partial charge >= 0.3 is 0 Å². The van der Waals surface area contributed by atoms with E-state index in [-0.39, 0.29) is 5.82 Å². The predicted octanol–water partition coefficient (Wildman–Crippen LogP) is 3.39. The lowest BCUT2D eigenvalue weighted by molar-refractivity contribution is 0.179. The molecule has 2 nitrogen and oxygen atoms in total. The van der Waals surface area contributed by atoms with Crippen LogP contribution in [0.2, 0.25) is 0 Å². The van der Waals surface area contributed by atoms with Gasteiger partial charge in [-0.2, -0.15) is 0 Å². The average molecular weight is 259 g/mol. The molecule has 100 valence electrons. The zero-order chi connectivity index (χ0) is 13.7. The first-order valence-electron chi connectivity index (χ1n) is 6.45. The Balaban J connectivity index is 2.13. The molecule has 19 heavy (non-hydrogen) atoms. The third-order valence-electron chi connectivity index (χ3n) is 3.16. The topological polar surface area (TPSA) is 23.5 Å². The van der Waals surface area contributed by atoms with E-state index in [2.05, 4.69) is 0 Å². The Labute approximate surface area is 113 Å². The minimum atomic E-state index is -0.832. The second kappa shape index (κ2) is 6.34. The lowest BCUT2D eigenvalue weighted by Crippen LogP contribution is -2.28. The number of likely N-dealkylation sites (N-methyl/N-ethyl adjacent to an activating group) is 1. The molecule has 0 saturated carbocycles. The molecule has 0 bridgehead atoms. The predicted molar refractivity (Wildman–Crippen MR) is 75.7 cm³/mol. The second-order valence-corrected chi connectivity index (χ2v) is 4.41. The van der Waals surface area contributed by atoms with Crippen LogP contribution in [-0.4, -0.2) is 18.2 Å². The van der Waals surface area contributed by atoms with Gasteiger partial charge in [0.15, 0.2) is 0 Å². The van der Waals surface area contributed by atoms with Crippen molar-refractivity contribution in [3.8, 4) is 0 Å². The van der Waals surface area contributed by atoms with E-state index in [1.807, 2.05) is 42.2 Å². The largest absolute Gasteiger partial charge is 0.386 e. The molecule has 0 heterocycles. The van der Waals surface area contributed by atoms with Crippen molar-refractivity contribution in [3.05, 3.63) is 66.0 Å². The Bertz CT molecular complexity index is 515. The van der Waals surface area contributed by atoms with Gasteiger partial charge in [0.05, 0.1) is 6.10 Å². The standard InChI is InChI=1S/C16H18FNO/c1-2-18(13-8-4-3-5-9-13)12-16(19)14-10-6-7-11-15(14)17/h3-11,16,19H,2,12H2,1H3. The van der Waals surface area contributed by atoms with Gasteiger partial charge in [0.2, 0.25) is 0 Å². The van der Waals surface area contributed by atoms with Crippen LogP contribution in [0.15, 0.2) is 54.6 Å². The lowest BCUT2D eigenvalue weighted by Gasteiger charge is -2.26. The van der Waals surface area contributed by atoms with Crippen LogP contribution < -0.4 is 4.90 Å². The summed E-state index contributed by atoms with van der Waals surface area (Å²) in [6.45, 7) is 3.15. The van der Waals surface area contributed by atoms with Crippen LogP contribution in [0.25, 0.3) is 0 Å². The number of aliphatic hydroxyl groups excluding tert-OH is 1. The molecule has 0 aliphatic rings. The number of hydrogen-bond donors (Lipinski definition) is 1. The third kappa shape index (κ3) is 3.32. The molecule has 2 rings (SSSR count). The molecule has 0 saturated heterocycles. The molecular weight excluding hydrogens is 241 g/mol. The molecule has 0 aliphatic heterocycles. The number of anilines is 1. The maximum Gasteiger partial charge on any atom is 0.129 e. The Morgan fingerprint density at radius 1 is 1.05 bits per heavy atom. The van der Waals surface area contributed by atoms with Gasteiger partial charge in [-0.15, -0.1) is 0 Å². The van der Waals surface area contributed by atoms with E-state index in [1.54, 1.807) is 18.2 Å². The van der Waals surface area contributed by atoms with Crippen molar-refractivity contribution >= 4 is 5.69 Å². The number of nitrogens with zero attached hydrogens (tertiary/aromatic N) is 1. The van der Waals surface area contributed by atoms with Gasteiger partial charge in [0, 0.05) is 24.3 Å². The minimum absolute atomic E-state index is 0.344. The molecule has 0 aliphatic carbocycles. The minimum Gasteiger partial charge on any atom is -0.386 e. The first-order valence-corrected chi connectivity index (χ1v) is 6.45. The molecular formula is C16H18FNO. The molecule has 2 aromatic rings. The van der Waals surface area contributed by atoms with Gasteiger partial charge in [-0.3, -0.25) is 0 Å². The van der Waals surface area contributed by atoms with E-state index >= 15 is 0 Å². The van der Waals surface area contributed by atoms with Gasteiger partial charge in [0.1, 0.15) is 5.82 Å². The van der Waals surface area contributed by atoms with Gasteiger partial charge in [-0.05, 0) is 25.1 Å². The van der Waals surface area contributed by atoms with Crippen LogP contribution in [0.4, 0.5) is 10.1 Å². The summed E-state index contributed by atoms with van der Waals surface area (Å²) in [6, 6.07) is 16.2. The highest BCUT2D eigenvalue weighted by molar-refractivity contribution is 5.46. The molecule has 1 atom stereocenters. The highest BCUT2D eigenvalue weighted by atomic mass is 19.1. The zero-order valence-corrected chi connectivity index (χ0v) is 11.0. The van der Waals surface area contributed by atoms with E-state index in [0.717, 1.165) is 12.2 Å². The van der Waals surface area contributed by atoms with Gasteiger partial charge in [-0.25, -0.2) is 4.39 Å². The number of benzene rings is 2. The molecule has 0 radical (unpaired) electrons. The van der Waals surface area contributed by atoms with Crippen LogP contribution in [-0.2, 0) is 0 Å². The maximum atomic E-state index is 13.6. The summed E-state index contributed by atoms with van der Waals surface area (Å²) >= 11 is 0. The van der Waals surface area contributed by atoms with Crippen molar-refractivity contribution in [3.63, 3.8) is 0 Å². The van der Waals surface area contributed by atoms with E-state index < -0.39 is 6.10 Å². The molecule has 1 unspecified atom stereocenters. The summed E-state index contributed by atoms with van der Waals surface area (Å²) in [4.78, 5) is 2.02. The fourth-order valence-corrected chi connectivity index (χ4v) is 2.11. The molecule has 3 heteroatoms. The van der Waals surface area contributed by atoms with E-state index in [4.69, 9.17) is 0 Å². The smallest absolute Gasteiger partial charge is 0.129 e. The second-order valence-electron chi connectivity index (χ2n) is 4.41. The first-order chi connectivity index (χ1) is 9.22. The highest BCUT2D eigenvalue weighted by Gasteiger charge is 2.15. The molecule has 0 aromatic heterocycles. The number of para-hydroxylation sites is 1. The Kier molecular flexibility index (Phi) is 4.53. The van der Waals surface area contributed by atoms with Crippen molar-refractivity contribution in [2.45, 2.75) is 13.0 Å². The summed E-state index contributed by atoms with van der Waals surface area (Å²) in [5.74, 6) is -0.362. The third-order valence-corrected chi connectivity index (χ3v) is 3.16. The summed E-state index contributed by atoms with van der Waals surface area (Å²) in [5, 5.41) is 10.2. The monoisotopic (exact) mass is 259 g/mol. The number of halogens is 1. The average Bonchev–Trinajstić information content (AvgIpc) is 2.46. The maximum absolute atomic E-state index is 13.6. The van der Waals surface area contributed by atoms with E-state index in [9.17, 15) is 9.50 Å². The van der Waals surface area contributed by atoms with Crippen molar-refractivity contribution in [1.82, 2.24) is 0 Å². The van der Waals surface area contributed by atoms with E-state index in [1.165, 1.54) is 6.07 Å². The number of aliphatic hydroxyl groups is 1. The van der Waals surface area contributed by atoms with Crippen molar-refractivity contribution in [2.24, 2.45) is 0 Å². The van der Waals surface area contributed by atoms with Crippen LogP contribution >= 0.6 is 0 Å². The van der Waals surface area contributed by atoms with Crippen LogP contribution in [0.1, 0.15) is 18.6 Å². The molecule has 0 fully saturated rings. The van der Waals surface area contributed by atoms with Crippen LogP contribution in [0.3, 0.4) is 0 Å². The molecule has 0 spiro atoms. The van der Waals surface area contributed by atoms with Crippen LogP contribution in [0, 0.1) is 5.82 Å². The summed E-state index contributed by atoms with van der Waals surface area (Å²) in [6.07, 6.45) is -0.832. The lowest BCUT2D eigenvalue weighted by atomic mass is 10.1. The number of rotatable bonds is 5. The summed E-state index contributed by atoms with van der Waals surface area (Å²) in [7, 11) is 0. The Hall–Kier alpha value is -1.87. The summed E-state index contributed by atoms with van der Waals surface area (Å²) < 4.78 is 13.6. The van der Waals surface area contributed by atoms with Gasteiger partial charge in [-0.1, -0.05) is 36.4 Å².